The molecule has 0 saturated carbocycles. The van der Waals surface area contributed by atoms with Crippen molar-refractivity contribution in [3.63, 3.8) is 0 Å². The molecule has 4 nitrogen and oxygen atoms in total. The molecule has 5 heteroatoms. The molecule has 0 spiro atoms. The monoisotopic (exact) mass is 289 g/mol. The molecule has 2 aromatic rings. The van der Waals surface area contributed by atoms with Crippen LogP contribution in [0.15, 0.2) is 41.8 Å². The highest BCUT2D eigenvalue weighted by Gasteiger charge is 2.19. The van der Waals surface area contributed by atoms with Crippen LogP contribution in [-0.4, -0.2) is 39.7 Å². The third kappa shape index (κ3) is 3.04. The van der Waals surface area contributed by atoms with Crippen molar-refractivity contribution in [1.82, 2.24) is 14.5 Å². The second-order valence-corrected chi connectivity index (χ2v) is 6.17. The van der Waals surface area contributed by atoms with Crippen LogP contribution in [-0.2, 0) is 4.79 Å². The van der Waals surface area contributed by atoms with Gasteiger partial charge in [-0.3, -0.25) is 9.36 Å². The number of para-hydroxylation sites is 1. The van der Waals surface area contributed by atoms with E-state index in [9.17, 15) is 4.79 Å². The van der Waals surface area contributed by atoms with E-state index in [1.165, 1.54) is 17.3 Å². The van der Waals surface area contributed by atoms with E-state index >= 15 is 0 Å². The van der Waals surface area contributed by atoms with E-state index in [2.05, 4.69) is 24.0 Å². The molecule has 0 saturated heterocycles. The highest BCUT2D eigenvalue weighted by molar-refractivity contribution is 8.00. The first-order valence-electron chi connectivity index (χ1n) is 6.48. The number of rotatable bonds is 4. The summed E-state index contributed by atoms with van der Waals surface area (Å²) in [5, 5.41) is 0.678. The topological polar surface area (TPSA) is 38.1 Å². The van der Waals surface area contributed by atoms with Crippen molar-refractivity contribution in [2.75, 3.05) is 14.1 Å². The molecule has 106 valence electrons. The van der Waals surface area contributed by atoms with Crippen molar-refractivity contribution in [3.05, 3.63) is 42.2 Å². The first-order chi connectivity index (χ1) is 9.50. The van der Waals surface area contributed by atoms with Crippen molar-refractivity contribution in [3.8, 4) is 5.69 Å². The van der Waals surface area contributed by atoms with E-state index in [-0.39, 0.29) is 11.2 Å². The second-order valence-electron chi connectivity index (χ2n) is 4.86. The molecule has 0 N–H and O–H groups in total. The van der Waals surface area contributed by atoms with Crippen LogP contribution in [0, 0.1) is 6.92 Å². The number of nitrogens with zero attached hydrogens (tertiary/aromatic N) is 3. The fourth-order valence-corrected chi connectivity index (χ4v) is 2.99. The average Bonchev–Trinajstić information content (AvgIpc) is 2.86. The van der Waals surface area contributed by atoms with E-state index < -0.39 is 0 Å². The van der Waals surface area contributed by atoms with E-state index in [4.69, 9.17) is 0 Å². The molecule has 1 amide bonds. The smallest absolute Gasteiger partial charge is 0.235 e. The molecule has 0 fully saturated rings. The number of carbonyl (C=O) groups excluding carboxylic acids is 1. The normalized spacial score (nSPS) is 12.2. The minimum absolute atomic E-state index is 0.0920. The molecule has 20 heavy (non-hydrogen) atoms. The van der Waals surface area contributed by atoms with Gasteiger partial charge in [0, 0.05) is 26.5 Å². The first kappa shape index (κ1) is 14.7. The lowest BCUT2D eigenvalue weighted by atomic mass is 10.2. The quantitative estimate of drug-likeness (QED) is 0.812. The Morgan fingerprint density at radius 3 is 2.70 bits per heavy atom. The summed E-state index contributed by atoms with van der Waals surface area (Å²) in [6.07, 6.45) is 3.69. The van der Waals surface area contributed by atoms with Crippen LogP contribution in [0.4, 0.5) is 0 Å². The van der Waals surface area contributed by atoms with Gasteiger partial charge < -0.3 is 4.90 Å². The van der Waals surface area contributed by atoms with E-state index in [1.807, 2.05) is 29.8 Å². The third-order valence-electron chi connectivity index (χ3n) is 3.05. The van der Waals surface area contributed by atoms with Gasteiger partial charge in [0.25, 0.3) is 0 Å². The highest BCUT2D eigenvalue weighted by atomic mass is 32.2. The number of thioether (sulfide) groups is 1. The number of amides is 1. The summed E-state index contributed by atoms with van der Waals surface area (Å²) in [6.45, 7) is 3.97. The summed E-state index contributed by atoms with van der Waals surface area (Å²) < 4.78 is 2.03. The van der Waals surface area contributed by atoms with Gasteiger partial charge in [0.2, 0.25) is 5.91 Å². The van der Waals surface area contributed by atoms with Crippen molar-refractivity contribution in [2.24, 2.45) is 0 Å². The van der Waals surface area contributed by atoms with Gasteiger partial charge in [-0.1, -0.05) is 30.0 Å². The van der Waals surface area contributed by atoms with Crippen molar-refractivity contribution >= 4 is 17.7 Å². The van der Waals surface area contributed by atoms with Crippen LogP contribution in [0.5, 0.6) is 0 Å². The maximum absolute atomic E-state index is 12.0. The maximum Gasteiger partial charge on any atom is 0.235 e. The minimum atomic E-state index is -0.157. The van der Waals surface area contributed by atoms with Gasteiger partial charge in [0.05, 0.1) is 10.9 Å². The molecule has 0 radical (unpaired) electrons. The number of hydrogen-bond acceptors (Lipinski definition) is 3. The Kier molecular flexibility index (Phi) is 4.49. The number of aromatic nitrogens is 2. The fraction of sp³-hybridized carbons (Fsp3) is 0.333. The van der Waals surface area contributed by atoms with Gasteiger partial charge in [-0.15, -0.1) is 0 Å². The summed E-state index contributed by atoms with van der Waals surface area (Å²) in [6, 6.07) is 8.14. The Balaban J connectivity index is 2.26. The van der Waals surface area contributed by atoms with Crippen molar-refractivity contribution < 1.29 is 4.79 Å². The largest absolute Gasteiger partial charge is 0.348 e. The molecule has 0 aliphatic heterocycles. The Morgan fingerprint density at radius 2 is 2.05 bits per heavy atom. The number of aryl methyl sites for hydroxylation is 1. The third-order valence-corrected chi connectivity index (χ3v) is 4.12. The lowest BCUT2D eigenvalue weighted by Gasteiger charge is -2.17. The standard InChI is InChI=1S/C15H19N3OS/c1-11-7-5-6-8-13(11)18-10-9-16-15(18)20-12(2)14(19)17(3)4/h5-10,12H,1-4H3. The minimum Gasteiger partial charge on any atom is -0.348 e. The number of carbonyl (C=O) groups is 1. The van der Waals surface area contributed by atoms with Crippen molar-refractivity contribution in [2.45, 2.75) is 24.3 Å². The summed E-state index contributed by atoms with van der Waals surface area (Å²) in [5.41, 5.74) is 2.27. The van der Waals surface area contributed by atoms with Crippen LogP contribution in [0.3, 0.4) is 0 Å². The molecular formula is C15H19N3OS. The van der Waals surface area contributed by atoms with Gasteiger partial charge in [0.1, 0.15) is 0 Å². The SMILES string of the molecule is Cc1ccccc1-n1ccnc1SC(C)C(=O)N(C)C. The number of hydrogen-bond donors (Lipinski definition) is 0. The van der Waals surface area contributed by atoms with Crippen LogP contribution in [0.25, 0.3) is 5.69 Å². The van der Waals surface area contributed by atoms with Crippen LogP contribution in [0.1, 0.15) is 12.5 Å². The highest BCUT2D eigenvalue weighted by Crippen LogP contribution is 2.26. The van der Waals surface area contributed by atoms with Gasteiger partial charge in [-0.2, -0.15) is 0 Å². The Bertz CT molecular complexity index is 607. The van der Waals surface area contributed by atoms with Gasteiger partial charge >= 0.3 is 0 Å². The van der Waals surface area contributed by atoms with Gasteiger partial charge in [-0.25, -0.2) is 4.98 Å². The van der Waals surface area contributed by atoms with E-state index in [0.717, 1.165) is 10.8 Å². The molecule has 1 aromatic heterocycles. The predicted molar refractivity (Wildman–Crippen MR) is 82.3 cm³/mol. The zero-order valence-corrected chi connectivity index (χ0v) is 13.0. The predicted octanol–water partition coefficient (Wildman–Crippen LogP) is 2.75. The zero-order valence-electron chi connectivity index (χ0n) is 12.2. The van der Waals surface area contributed by atoms with Crippen LogP contribution < -0.4 is 0 Å². The maximum atomic E-state index is 12.0. The number of imidazole rings is 1. The average molecular weight is 289 g/mol. The van der Waals surface area contributed by atoms with Gasteiger partial charge in [-0.05, 0) is 25.5 Å². The zero-order chi connectivity index (χ0) is 14.7. The summed E-state index contributed by atoms with van der Waals surface area (Å²) in [5.74, 6) is 0.0920. The Labute approximate surface area is 123 Å². The molecule has 1 heterocycles. The molecule has 0 aliphatic carbocycles. The number of benzene rings is 1. The summed E-state index contributed by atoms with van der Waals surface area (Å²) >= 11 is 1.48. The Hall–Kier alpha value is -1.75. The van der Waals surface area contributed by atoms with E-state index in [1.54, 1.807) is 25.2 Å². The summed E-state index contributed by atoms with van der Waals surface area (Å²) in [7, 11) is 3.54. The van der Waals surface area contributed by atoms with Gasteiger partial charge in [0.15, 0.2) is 5.16 Å². The Morgan fingerprint density at radius 1 is 1.35 bits per heavy atom. The van der Waals surface area contributed by atoms with Crippen LogP contribution in [0.2, 0.25) is 0 Å². The first-order valence-corrected chi connectivity index (χ1v) is 7.36. The molecule has 2 rings (SSSR count). The lowest BCUT2D eigenvalue weighted by molar-refractivity contribution is -0.127. The van der Waals surface area contributed by atoms with E-state index in [0.29, 0.717) is 0 Å². The van der Waals surface area contributed by atoms with Crippen LogP contribution >= 0.6 is 11.8 Å². The molecule has 0 bridgehead atoms. The molecule has 1 atom stereocenters. The molecule has 1 unspecified atom stereocenters. The van der Waals surface area contributed by atoms with Crippen molar-refractivity contribution in [1.29, 1.82) is 0 Å². The molecular weight excluding hydrogens is 270 g/mol. The molecule has 0 aliphatic rings. The fourth-order valence-electron chi connectivity index (χ4n) is 1.97. The molecule has 1 aromatic carbocycles. The summed E-state index contributed by atoms with van der Waals surface area (Å²) in [4.78, 5) is 17.9. The second kappa shape index (κ2) is 6.13. The lowest BCUT2D eigenvalue weighted by Crippen LogP contribution is -2.29.